The molecule has 0 radical (unpaired) electrons. The normalized spacial score (nSPS) is 15.7. The number of rotatable bonds is 7. The molecular weight excluding hydrogens is 356 g/mol. The van der Waals surface area contributed by atoms with Crippen LogP contribution in [0.5, 0.6) is 0 Å². The number of thioether (sulfide) groups is 1. The van der Waals surface area contributed by atoms with Crippen LogP contribution in [-0.4, -0.2) is 29.9 Å². The number of hydrogen-bond acceptors (Lipinski definition) is 3. The topological polar surface area (TPSA) is 58.2 Å². The maximum Gasteiger partial charge on any atom is 0.234 e. The van der Waals surface area contributed by atoms with Crippen LogP contribution < -0.4 is 10.6 Å². The summed E-state index contributed by atoms with van der Waals surface area (Å²) in [7, 11) is 0. The highest BCUT2D eigenvalue weighted by atomic mass is 32.2. The SMILES string of the molecule is Cc1ccc(NC(=O)CSCC(=O)NCC2CCCc3ccccc32)cc1. The first-order valence-electron chi connectivity index (χ1n) is 9.40. The Hall–Kier alpha value is -2.27. The maximum atomic E-state index is 12.1. The van der Waals surface area contributed by atoms with E-state index < -0.39 is 0 Å². The number of amides is 2. The monoisotopic (exact) mass is 382 g/mol. The van der Waals surface area contributed by atoms with E-state index in [0.717, 1.165) is 24.1 Å². The molecule has 3 rings (SSSR count). The van der Waals surface area contributed by atoms with Gasteiger partial charge in [0.2, 0.25) is 11.8 Å². The predicted molar refractivity (Wildman–Crippen MR) is 112 cm³/mol. The van der Waals surface area contributed by atoms with Gasteiger partial charge in [-0.25, -0.2) is 0 Å². The molecule has 2 amide bonds. The maximum absolute atomic E-state index is 12.1. The smallest absolute Gasteiger partial charge is 0.234 e. The number of nitrogens with one attached hydrogen (secondary N) is 2. The third-order valence-corrected chi connectivity index (χ3v) is 5.77. The van der Waals surface area contributed by atoms with E-state index in [9.17, 15) is 9.59 Å². The minimum absolute atomic E-state index is 0.00816. The lowest BCUT2D eigenvalue weighted by Gasteiger charge is -2.25. The molecule has 0 saturated heterocycles. The van der Waals surface area contributed by atoms with Gasteiger partial charge in [0, 0.05) is 18.2 Å². The van der Waals surface area contributed by atoms with Crippen LogP contribution >= 0.6 is 11.8 Å². The van der Waals surface area contributed by atoms with Gasteiger partial charge in [0.25, 0.3) is 0 Å². The molecule has 4 nitrogen and oxygen atoms in total. The zero-order valence-corrected chi connectivity index (χ0v) is 16.5. The standard InChI is InChI=1S/C22H26N2O2S/c1-16-9-11-19(12-10-16)24-22(26)15-27-14-21(25)23-13-18-7-4-6-17-5-2-3-8-20(17)18/h2-3,5,8-12,18H,4,6-7,13-15H2,1H3,(H,23,25)(H,24,26). The Balaban J connectivity index is 1.36. The molecule has 5 heteroatoms. The summed E-state index contributed by atoms with van der Waals surface area (Å²) in [6, 6.07) is 16.2. The molecule has 0 heterocycles. The van der Waals surface area contributed by atoms with Crippen molar-refractivity contribution in [2.75, 3.05) is 23.4 Å². The van der Waals surface area contributed by atoms with Gasteiger partial charge in [-0.2, -0.15) is 0 Å². The molecule has 0 aliphatic heterocycles. The lowest BCUT2D eigenvalue weighted by molar-refractivity contribution is -0.118. The van der Waals surface area contributed by atoms with Crippen molar-refractivity contribution in [3.05, 3.63) is 65.2 Å². The molecule has 1 unspecified atom stereocenters. The van der Waals surface area contributed by atoms with Crippen molar-refractivity contribution in [1.29, 1.82) is 0 Å². The van der Waals surface area contributed by atoms with Gasteiger partial charge < -0.3 is 10.6 Å². The second-order valence-corrected chi connectivity index (χ2v) is 7.98. The molecule has 1 aliphatic rings. The summed E-state index contributed by atoms with van der Waals surface area (Å²) >= 11 is 1.34. The largest absolute Gasteiger partial charge is 0.355 e. The molecule has 0 bridgehead atoms. The summed E-state index contributed by atoms with van der Waals surface area (Å²) in [6.45, 7) is 2.68. The van der Waals surface area contributed by atoms with Crippen LogP contribution in [0.4, 0.5) is 5.69 Å². The van der Waals surface area contributed by atoms with Crippen molar-refractivity contribution in [1.82, 2.24) is 5.32 Å². The van der Waals surface area contributed by atoms with E-state index in [1.54, 1.807) is 0 Å². The van der Waals surface area contributed by atoms with Crippen molar-refractivity contribution in [3.63, 3.8) is 0 Å². The van der Waals surface area contributed by atoms with E-state index in [0.29, 0.717) is 18.2 Å². The summed E-state index contributed by atoms with van der Waals surface area (Å²) in [4.78, 5) is 24.1. The van der Waals surface area contributed by atoms with E-state index in [2.05, 4.69) is 34.9 Å². The number of benzene rings is 2. The Bertz CT molecular complexity index is 789. The zero-order chi connectivity index (χ0) is 19.1. The van der Waals surface area contributed by atoms with Crippen LogP contribution in [0.1, 0.15) is 35.4 Å². The highest BCUT2D eigenvalue weighted by Crippen LogP contribution is 2.30. The van der Waals surface area contributed by atoms with Gasteiger partial charge in [-0.3, -0.25) is 9.59 Å². The first kappa shape index (κ1) is 19.5. The summed E-state index contributed by atoms with van der Waals surface area (Å²) in [5, 5.41) is 5.88. The first-order chi connectivity index (χ1) is 13.1. The van der Waals surface area contributed by atoms with E-state index in [1.165, 1.54) is 29.3 Å². The van der Waals surface area contributed by atoms with Crippen molar-refractivity contribution < 1.29 is 9.59 Å². The third kappa shape index (κ3) is 5.86. The first-order valence-corrected chi connectivity index (χ1v) is 10.6. The Morgan fingerprint density at radius 2 is 1.78 bits per heavy atom. The molecule has 0 aromatic heterocycles. The van der Waals surface area contributed by atoms with Crippen LogP contribution in [0.25, 0.3) is 0 Å². The number of anilines is 1. The van der Waals surface area contributed by atoms with E-state index in [1.807, 2.05) is 31.2 Å². The van der Waals surface area contributed by atoms with Crippen molar-refractivity contribution in [2.45, 2.75) is 32.1 Å². The van der Waals surface area contributed by atoms with Gasteiger partial charge in [0.05, 0.1) is 11.5 Å². The zero-order valence-electron chi connectivity index (χ0n) is 15.7. The molecule has 0 spiro atoms. The molecule has 2 aromatic rings. The molecule has 0 saturated carbocycles. The van der Waals surface area contributed by atoms with Crippen molar-refractivity contribution >= 4 is 29.3 Å². The lowest BCUT2D eigenvalue weighted by Crippen LogP contribution is -2.31. The fourth-order valence-corrected chi connectivity index (χ4v) is 4.07. The molecule has 2 N–H and O–H groups in total. The highest BCUT2D eigenvalue weighted by molar-refractivity contribution is 8.00. The highest BCUT2D eigenvalue weighted by Gasteiger charge is 2.20. The molecule has 2 aromatic carbocycles. The van der Waals surface area contributed by atoms with E-state index in [4.69, 9.17) is 0 Å². The summed E-state index contributed by atoms with van der Waals surface area (Å²) in [5.41, 5.74) is 4.71. The third-order valence-electron chi connectivity index (χ3n) is 4.84. The minimum atomic E-state index is -0.0853. The Morgan fingerprint density at radius 3 is 2.59 bits per heavy atom. The van der Waals surface area contributed by atoms with Gasteiger partial charge in [0.1, 0.15) is 0 Å². The number of aryl methyl sites for hydroxylation is 2. The van der Waals surface area contributed by atoms with Gasteiger partial charge in [0.15, 0.2) is 0 Å². The Labute approximate surface area is 165 Å². The van der Waals surface area contributed by atoms with Crippen LogP contribution in [0, 0.1) is 6.92 Å². The van der Waals surface area contributed by atoms with Crippen LogP contribution in [-0.2, 0) is 16.0 Å². The number of fused-ring (bicyclic) bond motifs is 1. The quantitative estimate of drug-likeness (QED) is 0.763. The summed E-state index contributed by atoms with van der Waals surface area (Å²) in [5.74, 6) is 0.876. The molecule has 1 atom stereocenters. The molecule has 27 heavy (non-hydrogen) atoms. The van der Waals surface area contributed by atoms with Gasteiger partial charge >= 0.3 is 0 Å². The molecular formula is C22H26N2O2S. The minimum Gasteiger partial charge on any atom is -0.355 e. The van der Waals surface area contributed by atoms with Crippen LogP contribution in [0.2, 0.25) is 0 Å². The molecule has 0 fully saturated rings. The van der Waals surface area contributed by atoms with Crippen LogP contribution in [0.15, 0.2) is 48.5 Å². The van der Waals surface area contributed by atoms with Crippen molar-refractivity contribution in [2.24, 2.45) is 0 Å². The van der Waals surface area contributed by atoms with Gasteiger partial charge in [-0.1, -0.05) is 42.0 Å². The van der Waals surface area contributed by atoms with E-state index in [-0.39, 0.29) is 17.6 Å². The fraction of sp³-hybridized carbons (Fsp3) is 0.364. The average Bonchev–Trinajstić information content (AvgIpc) is 2.68. The average molecular weight is 383 g/mol. The molecule has 1 aliphatic carbocycles. The van der Waals surface area contributed by atoms with Gasteiger partial charge in [-0.05, 0) is 49.4 Å². The second kappa shape index (κ2) is 9.60. The number of carbonyl (C=O) groups is 2. The lowest BCUT2D eigenvalue weighted by atomic mass is 9.83. The summed E-state index contributed by atoms with van der Waals surface area (Å²) < 4.78 is 0. The number of carbonyl (C=O) groups excluding carboxylic acids is 2. The Morgan fingerprint density at radius 1 is 1.04 bits per heavy atom. The van der Waals surface area contributed by atoms with Gasteiger partial charge in [-0.15, -0.1) is 11.8 Å². The summed E-state index contributed by atoms with van der Waals surface area (Å²) in [6.07, 6.45) is 3.42. The Kier molecular flexibility index (Phi) is 6.93. The van der Waals surface area contributed by atoms with Crippen LogP contribution in [0.3, 0.4) is 0 Å². The fourth-order valence-electron chi connectivity index (χ4n) is 3.43. The predicted octanol–water partition coefficient (Wildman–Crippen LogP) is 3.90. The molecule has 142 valence electrons. The second-order valence-electron chi connectivity index (χ2n) is 7.00. The van der Waals surface area contributed by atoms with Crippen molar-refractivity contribution in [3.8, 4) is 0 Å². The van der Waals surface area contributed by atoms with E-state index >= 15 is 0 Å². The number of hydrogen-bond donors (Lipinski definition) is 2.